The molecule has 21 heavy (non-hydrogen) atoms. The van der Waals surface area contributed by atoms with Crippen LogP contribution in [0.2, 0.25) is 0 Å². The van der Waals surface area contributed by atoms with Crippen LogP contribution in [-0.4, -0.2) is 37.3 Å². The van der Waals surface area contributed by atoms with Crippen LogP contribution >= 0.6 is 11.8 Å². The van der Waals surface area contributed by atoms with Gasteiger partial charge in [-0.15, -0.1) is 0 Å². The predicted molar refractivity (Wildman–Crippen MR) is 72.2 cm³/mol. The third-order valence-electron chi connectivity index (χ3n) is 3.02. The number of benzene rings is 1. The highest BCUT2D eigenvalue weighted by atomic mass is 32.2. The highest BCUT2D eigenvalue weighted by molar-refractivity contribution is 7.99. The molecule has 0 amide bonds. The van der Waals surface area contributed by atoms with E-state index in [0.717, 1.165) is 6.07 Å². The van der Waals surface area contributed by atoms with Gasteiger partial charge in [0.1, 0.15) is 6.07 Å². The van der Waals surface area contributed by atoms with Crippen LogP contribution in [0.4, 0.5) is 13.2 Å². The second-order valence-electron chi connectivity index (χ2n) is 4.34. The van der Waals surface area contributed by atoms with Gasteiger partial charge in [0.25, 0.3) is 0 Å². The SMILES string of the molecule is N#Cc1cc(C(F)(F)F)ccc1S(=O)(=O)N1CCSCC1. The minimum Gasteiger partial charge on any atom is -0.207 e. The molecule has 0 spiro atoms. The fraction of sp³-hybridized carbons (Fsp3) is 0.417. The molecule has 0 atom stereocenters. The molecule has 0 bridgehead atoms. The summed E-state index contributed by atoms with van der Waals surface area (Å²) in [5, 5.41) is 8.97. The van der Waals surface area contributed by atoms with Gasteiger partial charge >= 0.3 is 6.18 Å². The van der Waals surface area contributed by atoms with E-state index in [0.29, 0.717) is 36.7 Å². The lowest BCUT2D eigenvalue weighted by molar-refractivity contribution is -0.137. The molecule has 4 nitrogen and oxygen atoms in total. The Hall–Kier alpha value is -1.24. The summed E-state index contributed by atoms with van der Waals surface area (Å²) in [7, 11) is -3.94. The molecule has 1 aliphatic rings. The van der Waals surface area contributed by atoms with E-state index in [9.17, 15) is 21.6 Å². The summed E-state index contributed by atoms with van der Waals surface area (Å²) in [6, 6.07) is 3.66. The van der Waals surface area contributed by atoms with Crippen LogP contribution in [0.1, 0.15) is 11.1 Å². The maximum Gasteiger partial charge on any atom is 0.416 e. The number of hydrogen-bond donors (Lipinski definition) is 0. The van der Waals surface area contributed by atoms with Crippen LogP contribution in [0.15, 0.2) is 23.1 Å². The number of thioether (sulfide) groups is 1. The van der Waals surface area contributed by atoms with Gasteiger partial charge in [0, 0.05) is 24.6 Å². The highest BCUT2D eigenvalue weighted by Crippen LogP contribution is 2.32. The average molecular weight is 336 g/mol. The van der Waals surface area contributed by atoms with Crippen molar-refractivity contribution in [2.45, 2.75) is 11.1 Å². The van der Waals surface area contributed by atoms with Crippen LogP contribution < -0.4 is 0 Å². The first-order valence-electron chi connectivity index (χ1n) is 5.96. The van der Waals surface area contributed by atoms with Crippen molar-refractivity contribution in [3.8, 4) is 6.07 Å². The number of alkyl halides is 3. The first kappa shape index (κ1) is 16.1. The molecular weight excluding hydrogens is 325 g/mol. The molecule has 1 aliphatic heterocycles. The van der Waals surface area contributed by atoms with Gasteiger partial charge in [-0.1, -0.05) is 0 Å². The minimum atomic E-state index is -4.62. The molecule has 0 unspecified atom stereocenters. The molecule has 0 aliphatic carbocycles. The second kappa shape index (κ2) is 5.87. The Kier molecular flexibility index (Phi) is 4.51. The van der Waals surface area contributed by atoms with Crippen molar-refractivity contribution in [1.29, 1.82) is 5.26 Å². The highest BCUT2D eigenvalue weighted by Gasteiger charge is 2.34. The van der Waals surface area contributed by atoms with E-state index in [1.54, 1.807) is 17.8 Å². The Bertz CT molecular complexity index is 675. The van der Waals surface area contributed by atoms with Crippen molar-refractivity contribution >= 4 is 21.8 Å². The molecule has 0 radical (unpaired) electrons. The quantitative estimate of drug-likeness (QED) is 0.831. The van der Waals surface area contributed by atoms with Gasteiger partial charge in [0.15, 0.2) is 0 Å². The van der Waals surface area contributed by atoms with Crippen LogP contribution in [0.5, 0.6) is 0 Å². The molecule has 1 aromatic rings. The van der Waals surface area contributed by atoms with E-state index in [-0.39, 0.29) is 4.90 Å². The summed E-state index contributed by atoms with van der Waals surface area (Å²) >= 11 is 1.61. The third-order valence-corrected chi connectivity index (χ3v) is 5.91. The zero-order valence-corrected chi connectivity index (χ0v) is 12.4. The number of nitrogens with zero attached hydrogens (tertiary/aromatic N) is 2. The smallest absolute Gasteiger partial charge is 0.207 e. The van der Waals surface area contributed by atoms with E-state index in [1.165, 1.54) is 4.31 Å². The van der Waals surface area contributed by atoms with Crippen LogP contribution in [-0.2, 0) is 16.2 Å². The summed E-state index contributed by atoms with van der Waals surface area (Å²) in [5.41, 5.74) is -1.52. The molecule has 0 saturated carbocycles. The Morgan fingerprint density at radius 1 is 1.24 bits per heavy atom. The molecule has 1 saturated heterocycles. The van der Waals surface area contributed by atoms with E-state index in [1.807, 2.05) is 0 Å². The van der Waals surface area contributed by atoms with Crippen molar-refractivity contribution in [3.63, 3.8) is 0 Å². The zero-order chi connectivity index (χ0) is 15.7. The largest absolute Gasteiger partial charge is 0.416 e. The van der Waals surface area contributed by atoms with E-state index >= 15 is 0 Å². The summed E-state index contributed by atoms with van der Waals surface area (Å²) in [6.07, 6.45) is -4.62. The van der Waals surface area contributed by atoms with Gasteiger partial charge in [0.2, 0.25) is 10.0 Å². The van der Waals surface area contributed by atoms with Crippen molar-refractivity contribution < 1.29 is 21.6 Å². The first-order valence-corrected chi connectivity index (χ1v) is 8.55. The van der Waals surface area contributed by atoms with E-state index < -0.39 is 27.3 Å². The second-order valence-corrected chi connectivity index (χ2v) is 7.47. The summed E-state index contributed by atoms with van der Waals surface area (Å²) < 4.78 is 63.9. The third kappa shape index (κ3) is 3.33. The fourth-order valence-electron chi connectivity index (χ4n) is 1.94. The monoisotopic (exact) mass is 336 g/mol. The van der Waals surface area contributed by atoms with Gasteiger partial charge in [-0.3, -0.25) is 0 Å². The zero-order valence-electron chi connectivity index (χ0n) is 10.7. The lowest BCUT2D eigenvalue weighted by Crippen LogP contribution is -2.38. The Morgan fingerprint density at radius 3 is 2.38 bits per heavy atom. The predicted octanol–water partition coefficient (Wildman–Crippen LogP) is 2.31. The van der Waals surface area contributed by atoms with Crippen molar-refractivity contribution in [1.82, 2.24) is 4.31 Å². The molecule has 0 N–H and O–H groups in total. The molecule has 0 aromatic heterocycles. The Morgan fingerprint density at radius 2 is 1.86 bits per heavy atom. The Labute approximate surface area is 124 Å². The van der Waals surface area contributed by atoms with Gasteiger partial charge in [0.05, 0.1) is 16.0 Å². The first-order chi connectivity index (χ1) is 9.76. The summed E-state index contributed by atoms with van der Waals surface area (Å²) in [5.74, 6) is 1.25. The summed E-state index contributed by atoms with van der Waals surface area (Å²) in [4.78, 5) is -0.370. The number of sulfonamides is 1. The van der Waals surface area contributed by atoms with Crippen molar-refractivity contribution in [2.24, 2.45) is 0 Å². The molecule has 2 rings (SSSR count). The normalized spacial score (nSPS) is 17.4. The lowest BCUT2D eigenvalue weighted by Gasteiger charge is -2.26. The van der Waals surface area contributed by atoms with Gasteiger partial charge in [-0.05, 0) is 18.2 Å². The Balaban J connectivity index is 2.46. The fourth-order valence-corrected chi connectivity index (χ4v) is 4.64. The number of halogens is 3. The molecule has 9 heteroatoms. The minimum absolute atomic E-state index is 0.291. The molecule has 1 heterocycles. The summed E-state index contributed by atoms with van der Waals surface area (Å²) in [6.45, 7) is 0.581. The lowest BCUT2D eigenvalue weighted by atomic mass is 10.1. The average Bonchev–Trinajstić information content (AvgIpc) is 2.46. The van der Waals surface area contributed by atoms with Gasteiger partial charge < -0.3 is 0 Å². The van der Waals surface area contributed by atoms with Gasteiger partial charge in [-0.25, -0.2) is 8.42 Å². The maximum absolute atomic E-state index is 12.6. The van der Waals surface area contributed by atoms with Crippen LogP contribution in [0, 0.1) is 11.3 Å². The van der Waals surface area contributed by atoms with Crippen LogP contribution in [0.25, 0.3) is 0 Å². The van der Waals surface area contributed by atoms with Crippen LogP contribution in [0.3, 0.4) is 0 Å². The standard InChI is InChI=1S/C12H11F3N2O2S2/c13-12(14,15)10-1-2-11(9(7-10)8-16)21(18,19)17-3-5-20-6-4-17/h1-2,7H,3-6H2. The van der Waals surface area contributed by atoms with Gasteiger partial charge in [-0.2, -0.15) is 34.5 Å². The van der Waals surface area contributed by atoms with E-state index in [2.05, 4.69) is 0 Å². The number of rotatable bonds is 2. The van der Waals surface area contributed by atoms with Crippen molar-refractivity contribution in [3.05, 3.63) is 29.3 Å². The number of nitriles is 1. The molecular formula is C12H11F3N2O2S2. The van der Waals surface area contributed by atoms with Crippen molar-refractivity contribution in [2.75, 3.05) is 24.6 Å². The molecule has 1 fully saturated rings. The molecule has 1 aromatic carbocycles. The number of hydrogen-bond acceptors (Lipinski definition) is 4. The van der Waals surface area contributed by atoms with E-state index in [4.69, 9.17) is 5.26 Å². The molecule has 114 valence electrons. The maximum atomic E-state index is 12.6. The topological polar surface area (TPSA) is 61.2 Å².